The van der Waals surface area contributed by atoms with Crippen LogP contribution in [0.3, 0.4) is 0 Å². The highest BCUT2D eigenvalue weighted by molar-refractivity contribution is 6.34. The molecule has 0 aliphatic rings. The van der Waals surface area contributed by atoms with Crippen LogP contribution in [0.2, 0.25) is 5.02 Å². The Morgan fingerprint density at radius 3 is 2.79 bits per heavy atom. The normalized spacial score (nSPS) is 10.2. The van der Waals surface area contributed by atoms with Gasteiger partial charge in [-0.2, -0.15) is 0 Å². The molecule has 98 valence electrons. The standard InChI is InChI=1S/C12H10ClN3O3/c1-6-3-2-4-7(13)8(6)16-11(17)9-10(12(18)19)15-5-14-9/h2-5H,1H3,(H,14,15)(H,16,17)(H,18,19). The minimum Gasteiger partial charge on any atom is -0.477 e. The van der Waals surface area contributed by atoms with Crippen LogP contribution in [0.1, 0.15) is 26.5 Å². The number of aromatic carboxylic acids is 1. The van der Waals surface area contributed by atoms with Crippen molar-refractivity contribution in [3.8, 4) is 0 Å². The Balaban J connectivity index is 2.31. The number of para-hydroxylation sites is 1. The van der Waals surface area contributed by atoms with Gasteiger partial charge in [-0.1, -0.05) is 23.7 Å². The van der Waals surface area contributed by atoms with Gasteiger partial charge in [0.1, 0.15) is 0 Å². The van der Waals surface area contributed by atoms with Gasteiger partial charge in [-0.3, -0.25) is 4.79 Å². The first-order chi connectivity index (χ1) is 9.00. The van der Waals surface area contributed by atoms with Crippen LogP contribution in [-0.4, -0.2) is 27.0 Å². The molecule has 1 amide bonds. The summed E-state index contributed by atoms with van der Waals surface area (Å²) in [6.45, 7) is 1.78. The molecule has 2 rings (SSSR count). The molecule has 0 spiro atoms. The average Bonchev–Trinajstić information content (AvgIpc) is 2.83. The van der Waals surface area contributed by atoms with Crippen LogP contribution in [-0.2, 0) is 0 Å². The van der Waals surface area contributed by atoms with Gasteiger partial charge in [0, 0.05) is 0 Å². The van der Waals surface area contributed by atoms with Gasteiger partial charge >= 0.3 is 5.97 Å². The highest BCUT2D eigenvalue weighted by Gasteiger charge is 2.20. The van der Waals surface area contributed by atoms with Crippen LogP contribution in [0, 0.1) is 6.92 Å². The first-order valence-electron chi connectivity index (χ1n) is 5.34. The molecule has 0 aliphatic carbocycles. The summed E-state index contributed by atoms with van der Waals surface area (Å²) < 4.78 is 0. The van der Waals surface area contributed by atoms with Crippen LogP contribution >= 0.6 is 11.6 Å². The van der Waals surface area contributed by atoms with Crippen molar-refractivity contribution in [2.45, 2.75) is 6.92 Å². The number of nitrogens with one attached hydrogen (secondary N) is 2. The lowest BCUT2D eigenvalue weighted by Gasteiger charge is -2.09. The molecule has 0 unspecified atom stereocenters. The Morgan fingerprint density at radius 1 is 1.42 bits per heavy atom. The number of amides is 1. The van der Waals surface area contributed by atoms with Gasteiger partial charge in [0.25, 0.3) is 5.91 Å². The fraction of sp³-hybridized carbons (Fsp3) is 0.0833. The fourth-order valence-corrected chi connectivity index (χ4v) is 1.86. The van der Waals surface area contributed by atoms with E-state index in [4.69, 9.17) is 16.7 Å². The molecule has 0 bridgehead atoms. The number of imidazole rings is 1. The van der Waals surface area contributed by atoms with E-state index in [-0.39, 0.29) is 11.4 Å². The molecule has 1 heterocycles. The number of hydrogen-bond acceptors (Lipinski definition) is 3. The van der Waals surface area contributed by atoms with E-state index in [1.807, 2.05) is 0 Å². The summed E-state index contributed by atoms with van der Waals surface area (Å²) in [4.78, 5) is 29.0. The molecular weight excluding hydrogens is 270 g/mol. The van der Waals surface area contributed by atoms with E-state index in [9.17, 15) is 9.59 Å². The number of hydrogen-bond donors (Lipinski definition) is 3. The lowest BCUT2D eigenvalue weighted by molar-refractivity contribution is 0.0686. The highest BCUT2D eigenvalue weighted by Crippen LogP contribution is 2.25. The molecule has 0 saturated carbocycles. The molecule has 7 heteroatoms. The Labute approximate surface area is 113 Å². The maximum Gasteiger partial charge on any atom is 0.354 e. The first kappa shape index (κ1) is 13.1. The van der Waals surface area contributed by atoms with Crippen molar-refractivity contribution >= 4 is 29.2 Å². The lowest BCUT2D eigenvalue weighted by atomic mass is 10.2. The topological polar surface area (TPSA) is 95.1 Å². The van der Waals surface area contributed by atoms with Crippen LogP contribution in [0.25, 0.3) is 0 Å². The molecule has 3 N–H and O–H groups in total. The first-order valence-corrected chi connectivity index (χ1v) is 5.71. The molecule has 0 fully saturated rings. The zero-order valence-corrected chi connectivity index (χ0v) is 10.7. The van der Waals surface area contributed by atoms with Crippen molar-refractivity contribution in [1.29, 1.82) is 0 Å². The van der Waals surface area contributed by atoms with Crippen LogP contribution in [0.5, 0.6) is 0 Å². The van der Waals surface area contributed by atoms with Crippen molar-refractivity contribution in [2.24, 2.45) is 0 Å². The molecule has 19 heavy (non-hydrogen) atoms. The van der Waals surface area contributed by atoms with E-state index in [1.54, 1.807) is 25.1 Å². The van der Waals surface area contributed by atoms with Crippen molar-refractivity contribution in [3.63, 3.8) is 0 Å². The SMILES string of the molecule is Cc1cccc(Cl)c1NC(=O)c1nc[nH]c1C(=O)O. The third-order valence-electron chi connectivity index (χ3n) is 2.53. The smallest absolute Gasteiger partial charge is 0.354 e. The minimum atomic E-state index is -1.25. The number of H-pyrrole nitrogens is 1. The van der Waals surface area contributed by atoms with Crippen molar-refractivity contribution in [2.75, 3.05) is 5.32 Å². The number of benzene rings is 1. The summed E-state index contributed by atoms with van der Waals surface area (Å²) in [5.74, 6) is -1.88. The second-order valence-corrected chi connectivity index (χ2v) is 4.22. The number of carboxylic acids is 1. The summed E-state index contributed by atoms with van der Waals surface area (Å²) in [6.07, 6.45) is 1.15. The number of halogens is 1. The molecule has 0 saturated heterocycles. The Kier molecular flexibility index (Phi) is 3.52. The second-order valence-electron chi connectivity index (χ2n) is 3.82. The quantitative estimate of drug-likeness (QED) is 0.803. The number of aromatic nitrogens is 2. The third kappa shape index (κ3) is 2.58. The number of rotatable bonds is 3. The molecule has 1 aromatic carbocycles. The van der Waals surface area contributed by atoms with Gasteiger partial charge in [0.15, 0.2) is 11.4 Å². The molecule has 0 atom stereocenters. The zero-order valence-electron chi connectivity index (χ0n) is 9.90. The molecular formula is C12H10ClN3O3. The summed E-state index contributed by atoms with van der Waals surface area (Å²) in [5, 5.41) is 11.8. The van der Waals surface area contributed by atoms with E-state index in [1.165, 1.54) is 0 Å². The zero-order chi connectivity index (χ0) is 14.0. The molecule has 2 aromatic rings. The van der Waals surface area contributed by atoms with Gasteiger partial charge in [-0.15, -0.1) is 0 Å². The highest BCUT2D eigenvalue weighted by atomic mass is 35.5. The van der Waals surface area contributed by atoms with Gasteiger partial charge in [-0.05, 0) is 18.6 Å². The van der Waals surface area contributed by atoms with E-state index in [0.717, 1.165) is 11.9 Å². The summed E-state index contributed by atoms with van der Waals surface area (Å²) in [6, 6.07) is 5.17. The minimum absolute atomic E-state index is 0.188. The van der Waals surface area contributed by atoms with Crippen molar-refractivity contribution < 1.29 is 14.7 Å². The van der Waals surface area contributed by atoms with Gasteiger partial charge in [0.05, 0.1) is 17.0 Å². The second kappa shape index (κ2) is 5.11. The van der Waals surface area contributed by atoms with E-state index in [0.29, 0.717) is 10.7 Å². The van der Waals surface area contributed by atoms with E-state index < -0.39 is 11.9 Å². The maximum absolute atomic E-state index is 12.0. The largest absolute Gasteiger partial charge is 0.477 e. The van der Waals surface area contributed by atoms with Crippen LogP contribution in [0.4, 0.5) is 5.69 Å². The number of carbonyl (C=O) groups is 2. The number of carbonyl (C=O) groups excluding carboxylic acids is 1. The van der Waals surface area contributed by atoms with Crippen molar-refractivity contribution in [1.82, 2.24) is 9.97 Å². The summed E-state index contributed by atoms with van der Waals surface area (Å²) in [5.41, 5.74) is 0.760. The van der Waals surface area contributed by atoms with Gasteiger partial charge in [-0.25, -0.2) is 9.78 Å². The van der Waals surface area contributed by atoms with Crippen LogP contribution in [0.15, 0.2) is 24.5 Å². The summed E-state index contributed by atoms with van der Waals surface area (Å²) in [7, 11) is 0. The van der Waals surface area contributed by atoms with Crippen molar-refractivity contribution in [3.05, 3.63) is 46.5 Å². The van der Waals surface area contributed by atoms with Crippen LogP contribution < -0.4 is 5.32 Å². The fourth-order valence-electron chi connectivity index (χ4n) is 1.59. The number of anilines is 1. The lowest BCUT2D eigenvalue weighted by Crippen LogP contribution is -2.17. The predicted octanol–water partition coefficient (Wildman–Crippen LogP) is 2.32. The average molecular weight is 280 g/mol. The van der Waals surface area contributed by atoms with E-state index in [2.05, 4.69) is 15.3 Å². The Morgan fingerprint density at radius 2 is 2.16 bits per heavy atom. The third-order valence-corrected chi connectivity index (χ3v) is 2.84. The molecule has 0 radical (unpaired) electrons. The Bertz CT molecular complexity index is 631. The number of nitrogens with zero attached hydrogens (tertiary/aromatic N) is 1. The number of aryl methyl sites for hydroxylation is 1. The van der Waals surface area contributed by atoms with Gasteiger partial charge in [0.2, 0.25) is 0 Å². The van der Waals surface area contributed by atoms with Gasteiger partial charge < -0.3 is 15.4 Å². The Hall–Kier alpha value is -2.34. The molecule has 1 aromatic heterocycles. The molecule has 6 nitrogen and oxygen atoms in total. The van der Waals surface area contributed by atoms with E-state index >= 15 is 0 Å². The molecule has 0 aliphatic heterocycles. The predicted molar refractivity (Wildman–Crippen MR) is 69.7 cm³/mol. The summed E-state index contributed by atoms with van der Waals surface area (Å²) >= 11 is 5.98. The number of aromatic amines is 1. The maximum atomic E-state index is 12.0. The monoisotopic (exact) mass is 279 g/mol. The number of carboxylic acid groups (broad SMARTS) is 1.